The van der Waals surface area contributed by atoms with Gasteiger partial charge < -0.3 is 15.6 Å². The van der Waals surface area contributed by atoms with E-state index in [1.807, 2.05) is 36.4 Å². The number of hydrogen-bond donors (Lipinski definition) is 2. The number of methoxy groups -OCH3 is 1. The molecular weight excluding hydrogens is 254 g/mol. The molecule has 3 rings (SSSR count). The van der Waals surface area contributed by atoms with E-state index in [0.717, 1.165) is 22.5 Å². The molecule has 5 nitrogen and oxygen atoms in total. The van der Waals surface area contributed by atoms with Crippen molar-refractivity contribution in [3.05, 3.63) is 48.2 Å². The number of hydrogen-bond acceptors (Lipinski definition) is 4. The molecule has 0 atom stereocenters. The van der Waals surface area contributed by atoms with E-state index in [9.17, 15) is 5.11 Å². The summed E-state index contributed by atoms with van der Waals surface area (Å²) < 4.78 is 7.12. The van der Waals surface area contributed by atoms with Gasteiger partial charge in [-0.05, 0) is 23.8 Å². The maximum atomic E-state index is 9.20. The monoisotopic (exact) mass is 269 g/mol. The molecule has 0 saturated heterocycles. The Balaban J connectivity index is 2.24. The van der Waals surface area contributed by atoms with Crippen molar-refractivity contribution in [3.8, 4) is 17.0 Å². The van der Waals surface area contributed by atoms with Crippen molar-refractivity contribution in [1.82, 2.24) is 9.38 Å². The van der Waals surface area contributed by atoms with Gasteiger partial charge in [-0.15, -0.1) is 0 Å². The SMILES string of the molecule is COc1ccccc1-c1nc2ccc(CO)cn2c1N. The fraction of sp³-hybridized carbons (Fsp3) is 0.133. The Bertz CT molecular complexity index is 765. The predicted octanol–water partition coefficient (Wildman–Crippen LogP) is 2.08. The third-order valence-corrected chi connectivity index (χ3v) is 3.26. The average Bonchev–Trinajstić information content (AvgIpc) is 2.83. The first-order valence-corrected chi connectivity index (χ1v) is 6.25. The normalized spacial score (nSPS) is 10.9. The highest BCUT2D eigenvalue weighted by molar-refractivity contribution is 5.79. The third-order valence-electron chi connectivity index (χ3n) is 3.26. The minimum absolute atomic E-state index is 0.0302. The third kappa shape index (κ3) is 1.88. The number of imidazole rings is 1. The van der Waals surface area contributed by atoms with Crippen molar-refractivity contribution < 1.29 is 9.84 Å². The first-order chi connectivity index (χ1) is 9.74. The number of rotatable bonds is 3. The van der Waals surface area contributed by atoms with Crippen LogP contribution in [0.4, 0.5) is 5.82 Å². The second kappa shape index (κ2) is 4.86. The van der Waals surface area contributed by atoms with Gasteiger partial charge in [-0.3, -0.25) is 4.40 Å². The highest BCUT2D eigenvalue weighted by Gasteiger charge is 2.14. The first-order valence-electron chi connectivity index (χ1n) is 6.25. The van der Waals surface area contributed by atoms with Crippen LogP contribution in [0.5, 0.6) is 5.75 Å². The number of aliphatic hydroxyl groups is 1. The lowest BCUT2D eigenvalue weighted by Crippen LogP contribution is -1.96. The van der Waals surface area contributed by atoms with Gasteiger partial charge in [-0.1, -0.05) is 18.2 Å². The van der Waals surface area contributed by atoms with Crippen LogP contribution in [0.25, 0.3) is 16.9 Å². The summed E-state index contributed by atoms with van der Waals surface area (Å²) in [5.74, 6) is 1.25. The molecular formula is C15H15N3O2. The Labute approximate surface area is 116 Å². The van der Waals surface area contributed by atoms with Crippen molar-refractivity contribution in [2.24, 2.45) is 0 Å². The smallest absolute Gasteiger partial charge is 0.139 e. The van der Waals surface area contributed by atoms with Gasteiger partial charge in [-0.25, -0.2) is 4.98 Å². The van der Waals surface area contributed by atoms with E-state index >= 15 is 0 Å². The summed E-state index contributed by atoms with van der Waals surface area (Å²) in [7, 11) is 1.62. The maximum absolute atomic E-state index is 9.20. The molecule has 0 aliphatic heterocycles. The summed E-state index contributed by atoms with van der Waals surface area (Å²) in [6, 6.07) is 11.3. The number of nitrogens with two attached hydrogens (primary N) is 1. The molecule has 0 saturated carbocycles. The number of benzene rings is 1. The topological polar surface area (TPSA) is 72.8 Å². The molecule has 2 heterocycles. The second-order valence-electron chi connectivity index (χ2n) is 4.47. The number of ether oxygens (including phenoxy) is 1. The van der Waals surface area contributed by atoms with Crippen LogP contribution in [0.2, 0.25) is 0 Å². The molecule has 1 aromatic carbocycles. The molecule has 3 aromatic rings. The quantitative estimate of drug-likeness (QED) is 0.763. The Kier molecular flexibility index (Phi) is 3.04. The highest BCUT2D eigenvalue weighted by Crippen LogP contribution is 2.33. The fourth-order valence-corrected chi connectivity index (χ4v) is 2.24. The molecule has 0 amide bonds. The molecule has 0 aliphatic carbocycles. The lowest BCUT2D eigenvalue weighted by Gasteiger charge is -2.06. The van der Waals surface area contributed by atoms with Crippen LogP contribution in [0.3, 0.4) is 0 Å². The molecule has 102 valence electrons. The molecule has 0 aliphatic rings. The van der Waals surface area contributed by atoms with Crippen molar-refractivity contribution in [1.29, 1.82) is 0 Å². The zero-order valence-corrected chi connectivity index (χ0v) is 11.1. The van der Waals surface area contributed by atoms with Gasteiger partial charge in [0.05, 0.1) is 13.7 Å². The van der Waals surface area contributed by atoms with Crippen LogP contribution >= 0.6 is 0 Å². The highest BCUT2D eigenvalue weighted by atomic mass is 16.5. The lowest BCUT2D eigenvalue weighted by molar-refractivity contribution is 0.281. The van der Waals surface area contributed by atoms with E-state index in [-0.39, 0.29) is 6.61 Å². The second-order valence-corrected chi connectivity index (χ2v) is 4.47. The maximum Gasteiger partial charge on any atom is 0.139 e. The fourth-order valence-electron chi connectivity index (χ4n) is 2.24. The van der Waals surface area contributed by atoms with Crippen molar-refractivity contribution in [3.63, 3.8) is 0 Å². The Morgan fingerprint density at radius 1 is 1.25 bits per heavy atom. The zero-order valence-electron chi connectivity index (χ0n) is 11.1. The van der Waals surface area contributed by atoms with Gasteiger partial charge in [-0.2, -0.15) is 0 Å². The van der Waals surface area contributed by atoms with Crippen LogP contribution in [0.1, 0.15) is 5.56 Å². The summed E-state index contributed by atoms with van der Waals surface area (Å²) in [5, 5.41) is 9.20. The summed E-state index contributed by atoms with van der Waals surface area (Å²) in [6.07, 6.45) is 1.79. The molecule has 2 aromatic heterocycles. The van der Waals surface area contributed by atoms with E-state index in [4.69, 9.17) is 10.5 Å². The molecule has 20 heavy (non-hydrogen) atoms. The minimum atomic E-state index is -0.0302. The van der Waals surface area contributed by atoms with Gasteiger partial charge in [0.2, 0.25) is 0 Å². The van der Waals surface area contributed by atoms with Crippen molar-refractivity contribution >= 4 is 11.5 Å². The van der Waals surface area contributed by atoms with E-state index in [1.165, 1.54) is 0 Å². The predicted molar refractivity (Wildman–Crippen MR) is 77.5 cm³/mol. The lowest BCUT2D eigenvalue weighted by atomic mass is 10.1. The number of pyridine rings is 1. The van der Waals surface area contributed by atoms with Gasteiger partial charge in [0.25, 0.3) is 0 Å². The number of nitrogens with zero attached hydrogens (tertiary/aromatic N) is 2. The number of fused-ring (bicyclic) bond motifs is 1. The van der Waals surface area contributed by atoms with Crippen LogP contribution in [0.15, 0.2) is 42.6 Å². The molecule has 3 N–H and O–H groups in total. The molecule has 0 bridgehead atoms. The minimum Gasteiger partial charge on any atom is -0.496 e. The number of aliphatic hydroxyl groups excluding tert-OH is 1. The van der Waals surface area contributed by atoms with E-state index in [0.29, 0.717) is 11.5 Å². The van der Waals surface area contributed by atoms with E-state index in [2.05, 4.69) is 4.98 Å². The standard InChI is InChI=1S/C15H15N3O2/c1-20-12-5-3-2-4-11(12)14-15(16)18-8-10(9-19)6-7-13(18)17-14/h2-8,19H,9,16H2,1H3. The van der Waals surface area contributed by atoms with Crippen molar-refractivity contribution in [2.75, 3.05) is 12.8 Å². The molecule has 0 radical (unpaired) electrons. The Morgan fingerprint density at radius 2 is 2.05 bits per heavy atom. The zero-order chi connectivity index (χ0) is 14.1. The molecule has 0 spiro atoms. The van der Waals surface area contributed by atoms with Crippen LogP contribution in [0, 0.1) is 0 Å². The van der Waals surface area contributed by atoms with Gasteiger partial charge in [0, 0.05) is 11.8 Å². The molecule has 0 unspecified atom stereocenters. The van der Waals surface area contributed by atoms with E-state index in [1.54, 1.807) is 17.7 Å². The van der Waals surface area contributed by atoms with Crippen LogP contribution in [-0.2, 0) is 6.61 Å². The number of para-hydroxylation sites is 1. The van der Waals surface area contributed by atoms with Crippen LogP contribution in [-0.4, -0.2) is 21.6 Å². The largest absolute Gasteiger partial charge is 0.496 e. The summed E-state index contributed by atoms with van der Waals surface area (Å²) in [5.41, 5.74) is 9.23. The summed E-state index contributed by atoms with van der Waals surface area (Å²) in [6.45, 7) is -0.0302. The van der Waals surface area contributed by atoms with Crippen molar-refractivity contribution in [2.45, 2.75) is 6.61 Å². The summed E-state index contributed by atoms with van der Waals surface area (Å²) in [4.78, 5) is 4.54. The number of nitrogen functional groups attached to an aromatic ring is 1. The number of aromatic nitrogens is 2. The van der Waals surface area contributed by atoms with Crippen LogP contribution < -0.4 is 10.5 Å². The first kappa shape index (κ1) is 12.5. The molecule has 0 fully saturated rings. The average molecular weight is 269 g/mol. The van der Waals surface area contributed by atoms with Gasteiger partial charge in [0.15, 0.2) is 0 Å². The van der Waals surface area contributed by atoms with Gasteiger partial charge >= 0.3 is 0 Å². The molecule has 5 heteroatoms. The summed E-state index contributed by atoms with van der Waals surface area (Å²) >= 11 is 0. The van der Waals surface area contributed by atoms with Gasteiger partial charge in [0.1, 0.15) is 22.9 Å². The van der Waals surface area contributed by atoms with E-state index < -0.39 is 0 Å². The Morgan fingerprint density at radius 3 is 2.80 bits per heavy atom. The number of anilines is 1. The Hall–Kier alpha value is -2.53.